The summed E-state index contributed by atoms with van der Waals surface area (Å²) in [5, 5.41) is 4.82. The predicted molar refractivity (Wildman–Crippen MR) is 57.0 cm³/mol. The Morgan fingerprint density at radius 2 is 2.22 bits per heavy atom. The van der Waals surface area contributed by atoms with Crippen LogP contribution in [-0.4, -0.2) is 18.0 Å². The number of carbonyl (C=O) groups excluding carboxylic acids is 2. The molecule has 2 N–H and O–H groups in total. The van der Waals surface area contributed by atoms with E-state index in [1.165, 1.54) is 12.1 Å². The smallest absolute Gasteiger partial charge is 0.322 e. The lowest BCUT2D eigenvalue weighted by Gasteiger charge is -2.30. The SMILES string of the molecule is O=C1NC(=O)C2(CC3OC3c3ccc(F)cc32)N1. The summed E-state index contributed by atoms with van der Waals surface area (Å²) in [4.78, 5) is 23.4. The third kappa shape index (κ3) is 1.08. The van der Waals surface area contributed by atoms with Crippen molar-refractivity contribution in [3.05, 3.63) is 35.1 Å². The number of hydrogen-bond donors (Lipinski definition) is 2. The average molecular weight is 248 g/mol. The summed E-state index contributed by atoms with van der Waals surface area (Å²) in [7, 11) is 0. The summed E-state index contributed by atoms with van der Waals surface area (Å²) in [5.41, 5.74) is 0.112. The number of hydrogen-bond acceptors (Lipinski definition) is 3. The van der Waals surface area contributed by atoms with Gasteiger partial charge in [0.05, 0.1) is 6.10 Å². The Morgan fingerprint density at radius 3 is 2.94 bits per heavy atom. The quantitative estimate of drug-likeness (QED) is 0.524. The van der Waals surface area contributed by atoms with Gasteiger partial charge in [0.1, 0.15) is 17.5 Å². The first-order valence-corrected chi connectivity index (χ1v) is 5.69. The topological polar surface area (TPSA) is 70.7 Å². The zero-order chi connectivity index (χ0) is 12.5. The molecule has 2 heterocycles. The molecule has 3 aliphatic rings. The molecule has 3 amide bonds. The molecule has 2 fully saturated rings. The standard InChI is InChI=1S/C12H9FN2O3/c13-5-1-2-6-7(3-5)12(4-8-9(6)18-8)10(16)14-11(17)15-12/h1-3,8-9H,4H2,(H2,14,15,16,17). The van der Waals surface area contributed by atoms with Gasteiger partial charge in [-0.3, -0.25) is 10.1 Å². The minimum atomic E-state index is -1.17. The number of imide groups is 1. The van der Waals surface area contributed by atoms with E-state index in [1.807, 2.05) is 0 Å². The van der Waals surface area contributed by atoms with E-state index in [4.69, 9.17) is 4.74 Å². The highest BCUT2D eigenvalue weighted by molar-refractivity contribution is 6.07. The van der Waals surface area contributed by atoms with Gasteiger partial charge in [-0.25, -0.2) is 9.18 Å². The molecule has 0 saturated carbocycles. The van der Waals surface area contributed by atoms with Crippen LogP contribution in [-0.2, 0) is 15.1 Å². The lowest BCUT2D eigenvalue weighted by Crippen LogP contribution is -2.47. The number of nitrogens with one attached hydrogen (secondary N) is 2. The van der Waals surface area contributed by atoms with Crippen molar-refractivity contribution in [1.82, 2.24) is 10.6 Å². The van der Waals surface area contributed by atoms with E-state index in [0.29, 0.717) is 12.0 Å². The monoisotopic (exact) mass is 248 g/mol. The van der Waals surface area contributed by atoms with Gasteiger partial charge in [-0.1, -0.05) is 6.07 Å². The largest absolute Gasteiger partial charge is 0.364 e. The van der Waals surface area contributed by atoms with E-state index in [-0.39, 0.29) is 12.2 Å². The second kappa shape index (κ2) is 2.89. The highest BCUT2D eigenvalue weighted by Crippen LogP contribution is 2.53. The van der Waals surface area contributed by atoms with Gasteiger partial charge in [0.15, 0.2) is 0 Å². The Labute approximate surface area is 101 Å². The highest BCUT2D eigenvalue weighted by atomic mass is 19.1. The van der Waals surface area contributed by atoms with Crippen LogP contribution >= 0.6 is 0 Å². The van der Waals surface area contributed by atoms with Gasteiger partial charge in [-0.05, 0) is 23.3 Å². The fourth-order valence-corrected chi connectivity index (χ4v) is 2.95. The lowest BCUT2D eigenvalue weighted by molar-refractivity contribution is -0.124. The van der Waals surface area contributed by atoms with Crippen molar-refractivity contribution >= 4 is 11.9 Å². The zero-order valence-corrected chi connectivity index (χ0v) is 9.20. The van der Waals surface area contributed by atoms with Gasteiger partial charge < -0.3 is 10.1 Å². The van der Waals surface area contributed by atoms with Gasteiger partial charge in [-0.15, -0.1) is 0 Å². The fourth-order valence-electron chi connectivity index (χ4n) is 2.95. The van der Waals surface area contributed by atoms with Crippen LogP contribution in [0.2, 0.25) is 0 Å². The summed E-state index contributed by atoms with van der Waals surface area (Å²) < 4.78 is 18.9. The third-order valence-corrected chi connectivity index (χ3v) is 3.81. The molecule has 0 bridgehead atoms. The molecule has 0 aromatic heterocycles. The average Bonchev–Trinajstić information content (AvgIpc) is 3.01. The van der Waals surface area contributed by atoms with E-state index in [9.17, 15) is 14.0 Å². The van der Waals surface area contributed by atoms with Crippen LogP contribution in [0.5, 0.6) is 0 Å². The van der Waals surface area contributed by atoms with Crippen LogP contribution in [0.1, 0.15) is 23.7 Å². The molecule has 2 aliphatic heterocycles. The maximum absolute atomic E-state index is 13.4. The minimum absolute atomic E-state index is 0.0727. The van der Waals surface area contributed by atoms with Crippen molar-refractivity contribution in [2.45, 2.75) is 24.2 Å². The second-order valence-electron chi connectivity index (χ2n) is 4.84. The van der Waals surface area contributed by atoms with Crippen LogP contribution in [0.25, 0.3) is 0 Å². The molecule has 4 rings (SSSR count). The highest BCUT2D eigenvalue weighted by Gasteiger charge is 2.60. The van der Waals surface area contributed by atoms with Crippen LogP contribution in [0.3, 0.4) is 0 Å². The lowest BCUT2D eigenvalue weighted by atomic mass is 9.76. The molecular formula is C12H9FN2O3. The minimum Gasteiger partial charge on any atom is -0.364 e. The van der Waals surface area contributed by atoms with Gasteiger partial charge >= 0.3 is 6.03 Å². The summed E-state index contributed by atoms with van der Waals surface area (Å²) in [6.07, 6.45) is 0.203. The number of epoxide rings is 1. The Hall–Kier alpha value is -1.95. The number of ether oxygens (including phenoxy) is 1. The van der Waals surface area contributed by atoms with Crippen LogP contribution < -0.4 is 10.6 Å². The molecule has 6 heteroatoms. The Morgan fingerprint density at radius 1 is 1.39 bits per heavy atom. The van der Waals surface area contributed by atoms with E-state index < -0.39 is 23.3 Å². The molecule has 0 radical (unpaired) electrons. The van der Waals surface area contributed by atoms with E-state index >= 15 is 0 Å². The molecule has 18 heavy (non-hydrogen) atoms. The molecule has 1 aromatic carbocycles. The summed E-state index contributed by atoms with van der Waals surface area (Å²) in [6, 6.07) is 3.71. The van der Waals surface area contributed by atoms with Crippen molar-refractivity contribution in [3.63, 3.8) is 0 Å². The molecule has 1 aromatic rings. The van der Waals surface area contributed by atoms with Crippen molar-refractivity contribution < 1.29 is 18.7 Å². The van der Waals surface area contributed by atoms with E-state index in [0.717, 1.165) is 5.56 Å². The van der Waals surface area contributed by atoms with Gasteiger partial charge in [0.2, 0.25) is 0 Å². The summed E-state index contributed by atoms with van der Waals surface area (Å²) in [6.45, 7) is 0. The number of urea groups is 1. The first-order valence-electron chi connectivity index (χ1n) is 5.69. The Kier molecular flexibility index (Phi) is 1.61. The van der Waals surface area contributed by atoms with Gasteiger partial charge in [0.25, 0.3) is 5.91 Å². The van der Waals surface area contributed by atoms with Gasteiger partial charge in [0, 0.05) is 6.42 Å². The van der Waals surface area contributed by atoms with Crippen molar-refractivity contribution in [2.24, 2.45) is 0 Å². The summed E-state index contributed by atoms with van der Waals surface area (Å²) in [5.74, 6) is -0.866. The zero-order valence-electron chi connectivity index (χ0n) is 9.20. The van der Waals surface area contributed by atoms with Crippen LogP contribution in [0.4, 0.5) is 9.18 Å². The maximum atomic E-state index is 13.4. The third-order valence-electron chi connectivity index (χ3n) is 3.81. The Balaban J connectivity index is 1.95. The first kappa shape index (κ1) is 10.0. The number of amides is 3. The van der Waals surface area contributed by atoms with Gasteiger partial charge in [-0.2, -0.15) is 0 Å². The van der Waals surface area contributed by atoms with Crippen molar-refractivity contribution in [2.75, 3.05) is 0 Å². The predicted octanol–water partition coefficient (Wildman–Crippen LogP) is 0.704. The van der Waals surface area contributed by atoms with E-state index in [1.54, 1.807) is 6.07 Å². The number of carbonyl (C=O) groups is 2. The second-order valence-corrected chi connectivity index (χ2v) is 4.84. The number of benzene rings is 1. The molecule has 1 spiro atoms. The number of rotatable bonds is 0. The Bertz CT molecular complexity index is 603. The summed E-state index contributed by atoms with van der Waals surface area (Å²) >= 11 is 0. The number of fused-ring (bicyclic) bond motifs is 4. The van der Waals surface area contributed by atoms with Crippen LogP contribution in [0, 0.1) is 5.82 Å². The molecular weight excluding hydrogens is 239 g/mol. The molecule has 3 atom stereocenters. The normalized spacial score (nSPS) is 35.8. The number of halogens is 1. The first-order chi connectivity index (χ1) is 8.60. The molecule has 3 unspecified atom stereocenters. The van der Waals surface area contributed by atoms with Crippen molar-refractivity contribution in [3.8, 4) is 0 Å². The van der Waals surface area contributed by atoms with Crippen LogP contribution in [0.15, 0.2) is 18.2 Å². The van der Waals surface area contributed by atoms with E-state index in [2.05, 4.69) is 10.6 Å². The molecule has 2 saturated heterocycles. The molecule has 1 aliphatic carbocycles. The molecule has 92 valence electrons. The maximum Gasteiger partial charge on any atom is 0.322 e. The fraction of sp³-hybridized carbons (Fsp3) is 0.333. The van der Waals surface area contributed by atoms with Crippen molar-refractivity contribution in [1.29, 1.82) is 0 Å². The molecule has 5 nitrogen and oxygen atoms in total.